The standard InChI is InChI=1S/C14H27NO/c1-3-6-13(10-15)14(16)12-8-5-7-11(4-2)9-12/h11-13H,3-10,15H2,1-2H3. The first-order valence-corrected chi connectivity index (χ1v) is 6.96. The molecule has 0 amide bonds. The third kappa shape index (κ3) is 3.58. The molecular formula is C14H27NO. The highest BCUT2D eigenvalue weighted by Crippen LogP contribution is 2.33. The summed E-state index contributed by atoms with van der Waals surface area (Å²) < 4.78 is 0. The number of hydrogen-bond donors (Lipinski definition) is 1. The summed E-state index contributed by atoms with van der Waals surface area (Å²) in [5.74, 6) is 1.69. The summed E-state index contributed by atoms with van der Waals surface area (Å²) in [4.78, 5) is 12.3. The molecule has 0 radical (unpaired) electrons. The summed E-state index contributed by atoms with van der Waals surface area (Å²) in [5.41, 5.74) is 5.71. The molecule has 0 saturated heterocycles. The summed E-state index contributed by atoms with van der Waals surface area (Å²) in [6.07, 6.45) is 8.05. The molecule has 0 bridgehead atoms. The number of hydrogen-bond acceptors (Lipinski definition) is 2. The second-order valence-corrected chi connectivity index (χ2v) is 5.26. The minimum Gasteiger partial charge on any atom is -0.330 e. The van der Waals surface area contributed by atoms with E-state index in [0.717, 1.165) is 31.6 Å². The molecular weight excluding hydrogens is 198 g/mol. The van der Waals surface area contributed by atoms with E-state index in [0.29, 0.717) is 18.2 Å². The van der Waals surface area contributed by atoms with Gasteiger partial charge in [-0.2, -0.15) is 0 Å². The topological polar surface area (TPSA) is 43.1 Å². The molecule has 1 aliphatic rings. The van der Waals surface area contributed by atoms with Crippen molar-refractivity contribution in [1.82, 2.24) is 0 Å². The lowest BCUT2D eigenvalue weighted by molar-refractivity contribution is -0.128. The Morgan fingerprint density at radius 1 is 1.38 bits per heavy atom. The zero-order valence-electron chi connectivity index (χ0n) is 10.9. The van der Waals surface area contributed by atoms with Crippen LogP contribution in [0.2, 0.25) is 0 Å². The van der Waals surface area contributed by atoms with Crippen molar-refractivity contribution in [2.45, 2.75) is 58.8 Å². The molecule has 1 rings (SSSR count). The van der Waals surface area contributed by atoms with Crippen LogP contribution in [0.25, 0.3) is 0 Å². The summed E-state index contributed by atoms with van der Waals surface area (Å²) >= 11 is 0. The summed E-state index contributed by atoms with van der Waals surface area (Å²) in [6, 6.07) is 0. The zero-order valence-corrected chi connectivity index (χ0v) is 10.9. The number of carbonyl (C=O) groups excluding carboxylic acids is 1. The molecule has 0 spiro atoms. The second kappa shape index (κ2) is 7.05. The number of Topliss-reactive ketones (excluding diaryl/α,β-unsaturated/α-hetero) is 1. The van der Waals surface area contributed by atoms with Crippen molar-refractivity contribution < 1.29 is 4.79 Å². The summed E-state index contributed by atoms with van der Waals surface area (Å²) in [6.45, 7) is 4.91. The van der Waals surface area contributed by atoms with Crippen LogP contribution in [0.15, 0.2) is 0 Å². The third-order valence-electron chi connectivity index (χ3n) is 4.09. The maximum absolute atomic E-state index is 12.3. The highest BCUT2D eigenvalue weighted by Gasteiger charge is 2.29. The van der Waals surface area contributed by atoms with Crippen LogP contribution in [0.3, 0.4) is 0 Å². The van der Waals surface area contributed by atoms with Gasteiger partial charge in [-0.25, -0.2) is 0 Å². The van der Waals surface area contributed by atoms with Crippen molar-refractivity contribution in [2.24, 2.45) is 23.5 Å². The lowest BCUT2D eigenvalue weighted by atomic mass is 9.75. The maximum Gasteiger partial charge on any atom is 0.140 e. The van der Waals surface area contributed by atoms with E-state index < -0.39 is 0 Å². The molecule has 0 aromatic heterocycles. The van der Waals surface area contributed by atoms with Crippen molar-refractivity contribution in [1.29, 1.82) is 0 Å². The van der Waals surface area contributed by atoms with Crippen molar-refractivity contribution in [3.8, 4) is 0 Å². The van der Waals surface area contributed by atoms with Crippen LogP contribution in [0.4, 0.5) is 0 Å². The van der Waals surface area contributed by atoms with Crippen LogP contribution in [0, 0.1) is 17.8 Å². The number of nitrogens with two attached hydrogens (primary N) is 1. The predicted molar refractivity (Wildman–Crippen MR) is 68.2 cm³/mol. The average molecular weight is 225 g/mol. The quantitative estimate of drug-likeness (QED) is 0.754. The molecule has 94 valence electrons. The van der Waals surface area contributed by atoms with E-state index in [2.05, 4.69) is 13.8 Å². The SMILES string of the molecule is CCCC(CN)C(=O)C1CCCC(CC)C1. The highest BCUT2D eigenvalue weighted by atomic mass is 16.1. The van der Waals surface area contributed by atoms with Crippen molar-refractivity contribution in [2.75, 3.05) is 6.54 Å². The molecule has 1 saturated carbocycles. The first-order chi connectivity index (χ1) is 7.72. The lowest BCUT2D eigenvalue weighted by Crippen LogP contribution is -2.32. The van der Waals surface area contributed by atoms with E-state index in [1.165, 1.54) is 19.3 Å². The van der Waals surface area contributed by atoms with E-state index in [9.17, 15) is 4.79 Å². The normalized spacial score (nSPS) is 27.7. The molecule has 0 aliphatic heterocycles. The number of rotatable bonds is 6. The fourth-order valence-corrected chi connectivity index (χ4v) is 2.98. The van der Waals surface area contributed by atoms with Crippen molar-refractivity contribution in [3.05, 3.63) is 0 Å². The molecule has 2 heteroatoms. The van der Waals surface area contributed by atoms with Crippen LogP contribution in [0.1, 0.15) is 58.8 Å². The fraction of sp³-hybridized carbons (Fsp3) is 0.929. The van der Waals surface area contributed by atoms with Gasteiger partial charge in [0.15, 0.2) is 0 Å². The van der Waals surface area contributed by atoms with Crippen LogP contribution >= 0.6 is 0 Å². The molecule has 16 heavy (non-hydrogen) atoms. The van der Waals surface area contributed by atoms with Gasteiger partial charge < -0.3 is 5.73 Å². The smallest absolute Gasteiger partial charge is 0.140 e. The molecule has 1 fully saturated rings. The van der Waals surface area contributed by atoms with Gasteiger partial charge in [0.25, 0.3) is 0 Å². The van der Waals surface area contributed by atoms with Gasteiger partial charge >= 0.3 is 0 Å². The minimum absolute atomic E-state index is 0.130. The summed E-state index contributed by atoms with van der Waals surface area (Å²) in [5, 5.41) is 0. The molecule has 3 unspecified atom stereocenters. The maximum atomic E-state index is 12.3. The number of carbonyl (C=O) groups is 1. The van der Waals surface area contributed by atoms with Crippen LogP contribution in [0.5, 0.6) is 0 Å². The van der Waals surface area contributed by atoms with Gasteiger partial charge in [-0.05, 0) is 25.2 Å². The Kier molecular flexibility index (Phi) is 6.04. The monoisotopic (exact) mass is 225 g/mol. The minimum atomic E-state index is 0.130. The van der Waals surface area contributed by atoms with Gasteiger partial charge in [0.1, 0.15) is 5.78 Å². The lowest BCUT2D eigenvalue weighted by Gasteiger charge is -2.29. The Morgan fingerprint density at radius 2 is 2.12 bits per heavy atom. The average Bonchev–Trinajstić information content (AvgIpc) is 2.35. The Hall–Kier alpha value is -0.370. The Morgan fingerprint density at radius 3 is 2.69 bits per heavy atom. The van der Waals surface area contributed by atoms with Crippen molar-refractivity contribution in [3.63, 3.8) is 0 Å². The van der Waals surface area contributed by atoms with Gasteiger partial charge in [-0.3, -0.25) is 4.79 Å². The first kappa shape index (κ1) is 13.7. The highest BCUT2D eigenvalue weighted by molar-refractivity contribution is 5.83. The Balaban J connectivity index is 2.51. The van der Waals surface area contributed by atoms with Gasteiger partial charge in [0.2, 0.25) is 0 Å². The van der Waals surface area contributed by atoms with Gasteiger partial charge in [0.05, 0.1) is 0 Å². The summed E-state index contributed by atoms with van der Waals surface area (Å²) in [7, 11) is 0. The van der Waals surface area contributed by atoms with Crippen molar-refractivity contribution >= 4 is 5.78 Å². The van der Waals surface area contributed by atoms with Gasteiger partial charge in [0, 0.05) is 18.4 Å². The van der Waals surface area contributed by atoms with E-state index in [1.54, 1.807) is 0 Å². The second-order valence-electron chi connectivity index (χ2n) is 5.26. The molecule has 3 atom stereocenters. The van der Waals surface area contributed by atoms with Crippen LogP contribution in [-0.2, 0) is 4.79 Å². The Labute approximate surface area is 100.0 Å². The largest absolute Gasteiger partial charge is 0.330 e. The molecule has 2 nitrogen and oxygen atoms in total. The predicted octanol–water partition coefficient (Wildman–Crippen LogP) is 3.15. The fourth-order valence-electron chi connectivity index (χ4n) is 2.98. The van der Waals surface area contributed by atoms with E-state index >= 15 is 0 Å². The first-order valence-electron chi connectivity index (χ1n) is 6.96. The van der Waals surface area contributed by atoms with Crippen LogP contribution in [-0.4, -0.2) is 12.3 Å². The van der Waals surface area contributed by atoms with E-state index in [-0.39, 0.29) is 5.92 Å². The zero-order chi connectivity index (χ0) is 12.0. The van der Waals surface area contributed by atoms with E-state index in [4.69, 9.17) is 5.73 Å². The molecule has 0 aromatic carbocycles. The van der Waals surface area contributed by atoms with E-state index in [1.807, 2.05) is 0 Å². The molecule has 2 N–H and O–H groups in total. The molecule has 1 aliphatic carbocycles. The number of ketones is 1. The Bertz CT molecular complexity index is 215. The molecule has 0 aromatic rings. The van der Waals surface area contributed by atoms with Gasteiger partial charge in [-0.15, -0.1) is 0 Å². The molecule has 0 heterocycles. The van der Waals surface area contributed by atoms with Crippen LogP contribution < -0.4 is 5.73 Å². The van der Waals surface area contributed by atoms with Gasteiger partial charge in [-0.1, -0.05) is 39.5 Å². The third-order valence-corrected chi connectivity index (χ3v) is 4.09.